The standard InChI is InChI=1S/C41H44N2/c1-25(2)31-21-35(26(3)4)39(36(22-31)27(5)6)29-16-14-28(15-17-29)33-18-19-43-40(37(33)24-42)32-20-30-12-10-11-13-34(30)38(23-32)41(7,8)9/h10-23,25-27H,1-9H3. The normalized spacial score (nSPS) is 12.0. The number of nitriles is 1. The van der Waals surface area contributed by atoms with Gasteiger partial charge in [-0.1, -0.05) is 123 Å². The fourth-order valence-corrected chi connectivity index (χ4v) is 6.21. The Kier molecular flexibility index (Phi) is 8.31. The predicted octanol–water partition coefficient (Wildman–Crippen LogP) is 11.8. The maximum absolute atomic E-state index is 10.5. The summed E-state index contributed by atoms with van der Waals surface area (Å²) < 4.78 is 0. The van der Waals surface area contributed by atoms with E-state index in [4.69, 9.17) is 4.98 Å². The molecule has 0 atom stereocenters. The Bertz CT molecular complexity index is 1790. The van der Waals surface area contributed by atoms with Crippen molar-refractivity contribution in [1.82, 2.24) is 4.98 Å². The lowest BCUT2D eigenvalue weighted by molar-refractivity contribution is 0.596. The van der Waals surface area contributed by atoms with E-state index >= 15 is 0 Å². The van der Waals surface area contributed by atoms with Crippen molar-refractivity contribution in [3.8, 4) is 39.6 Å². The maximum Gasteiger partial charge on any atom is 0.102 e. The molecule has 0 aliphatic carbocycles. The van der Waals surface area contributed by atoms with E-state index < -0.39 is 0 Å². The fourth-order valence-electron chi connectivity index (χ4n) is 6.21. The van der Waals surface area contributed by atoms with Gasteiger partial charge in [0.2, 0.25) is 0 Å². The molecule has 218 valence electrons. The van der Waals surface area contributed by atoms with Crippen molar-refractivity contribution in [1.29, 1.82) is 5.26 Å². The molecular formula is C41H44N2. The molecule has 1 heterocycles. The molecule has 4 aromatic carbocycles. The Morgan fingerprint density at radius 2 is 1.28 bits per heavy atom. The van der Waals surface area contributed by atoms with Crippen LogP contribution in [0.2, 0.25) is 0 Å². The number of pyridine rings is 1. The average molecular weight is 565 g/mol. The third kappa shape index (κ3) is 5.87. The number of benzene rings is 4. The van der Waals surface area contributed by atoms with Crippen molar-refractivity contribution in [2.75, 3.05) is 0 Å². The van der Waals surface area contributed by atoms with Crippen LogP contribution < -0.4 is 0 Å². The van der Waals surface area contributed by atoms with Gasteiger partial charge < -0.3 is 0 Å². The Morgan fingerprint density at radius 1 is 0.674 bits per heavy atom. The van der Waals surface area contributed by atoms with E-state index in [1.54, 1.807) is 0 Å². The number of hydrogen-bond donors (Lipinski definition) is 0. The van der Waals surface area contributed by atoms with E-state index in [-0.39, 0.29) is 5.41 Å². The quantitative estimate of drug-likeness (QED) is 0.206. The second-order valence-corrected chi connectivity index (χ2v) is 13.8. The highest BCUT2D eigenvalue weighted by molar-refractivity contribution is 5.92. The Morgan fingerprint density at radius 3 is 1.84 bits per heavy atom. The first-order chi connectivity index (χ1) is 20.4. The largest absolute Gasteiger partial charge is 0.255 e. The van der Waals surface area contributed by atoms with E-state index in [0.29, 0.717) is 23.3 Å². The highest BCUT2D eigenvalue weighted by Gasteiger charge is 2.22. The molecule has 0 aliphatic heterocycles. The topological polar surface area (TPSA) is 36.7 Å². The highest BCUT2D eigenvalue weighted by Crippen LogP contribution is 2.41. The van der Waals surface area contributed by atoms with E-state index in [1.807, 2.05) is 12.3 Å². The number of hydrogen-bond acceptors (Lipinski definition) is 2. The first kappa shape index (κ1) is 30.2. The van der Waals surface area contributed by atoms with Crippen LogP contribution in [0.5, 0.6) is 0 Å². The lowest BCUT2D eigenvalue weighted by Crippen LogP contribution is -2.12. The zero-order chi connectivity index (χ0) is 31.1. The van der Waals surface area contributed by atoms with Crippen LogP contribution in [0.3, 0.4) is 0 Å². The van der Waals surface area contributed by atoms with Crippen LogP contribution >= 0.6 is 0 Å². The number of aromatic nitrogens is 1. The minimum atomic E-state index is -0.0487. The molecule has 0 amide bonds. The molecule has 5 aromatic rings. The summed E-state index contributed by atoms with van der Waals surface area (Å²) in [5.74, 6) is 1.32. The van der Waals surface area contributed by atoms with Crippen molar-refractivity contribution < 1.29 is 0 Å². The van der Waals surface area contributed by atoms with E-state index in [0.717, 1.165) is 27.8 Å². The van der Waals surface area contributed by atoms with Gasteiger partial charge in [0.25, 0.3) is 0 Å². The lowest BCUT2D eigenvalue weighted by atomic mass is 9.81. The van der Waals surface area contributed by atoms with Gasteiger partial charge in [0.15, 0.2) is 0 Å². The van der Waals surface area contributed by atoms with E-state index in [2.05, 4.69) is 141 Å². The minimum Gasteiger partial charge on any atom is -0.255 e. The number of nitrogens with zero attached hydrogens (tertiary/aromatic N) is 2. The van der Waals surface area contributed by atoms with Crippen LogP contribution in [0.4, 0.5) is 0 Å². The Balaban J connectivity index is 1.64. The molecule has 43 heavy (non-hydrogen) atoms. The van der Waals surface area contributed by atoms with Gasteiger partial charge in [0.05, 0.1) is 11.3 Å². The molecule has 5 rings (SSSR count). The SMILES string of the molecule is CC(C)c1cc(C(C)C)c(-c2ccc(-c3ccnc(-c4cc(C(C)(C)C)c5ccccc5c4)c3C#N)cc2)c(C(C)C)c1. The van der Waals surface area contributed by atoms with Crippen LogP contribution in [0.15, 0.2) is 85.1 Å². The molecule has 0 radical (unpaired) electrons. The second kappa shape index (κ2) is 11.8. The number of fused-ring (bicyclic) bond motifs is 1. The summed E-state index contributed by atoms with van der Waals surface area (Å²) in [5.41, 5.74) is 12.2. The molecule has 0 bridgehead atoms. The molecule has 0 saturated carbocycles. The average Bonchev–Trinajstić information content (AvgIpc) is 2.98. The van der Waals surface area contributed by atoms with Crippen LogP contribution in [-0.4, -0.2) is 4.98 Å². The van der Waals surface area contributed by atoms with Crippen molar-refractivity contribution in [2.45, 2.75) is 85.5 Å². The monoisotopic (exact) mass is 564 g/mol. The summed E-state index contributed by atoms with van der Waals surface area (Å²) in [7, 11) is 0. The summed E-state index contributed by atoms with van der Waals surface area (Å²) in [5, 5.41) is 12.9. The van der Waals surface area contributed by atoms with Crippen LogP contribution in [0, 0.1) is 11.3 Å². The van der Waals surface area contributed by atoms with Crippen LogP contribution in [0.1, 0.15) is 108 Å². The zero-order valence-corrected chi connectivity index (χ0v) is 27.2. The van der Waals surface area contributed by atoms with Crippen molar-refractivity contribution in [3.05, 3.63) is 113 Å². The molecule has 0 N–H and O–H groups in total. The summed E-state index contributed by atoms with van der Waals surface area (Å²) in [6.45, 7) is 20.4. The van der Waals surface area contributed by atoms with Gasteiger partial charge in [-0.2, -0.15) is 5.26 Å². The summed E-state index contributed by atoms with van der Waals surface area (Å²) in [6.07, 6.45) is 1.84. The molecule has 2 heteroatoms. The molecular weight excluding hydrogens is 520 g/mol. The third-order valence-electron chi connectivity index (χ3n) is 8.62. The molecule has 2 nitrogen and oxygen atoms in total. The van der Waals surface area contributed by atoms with E-state index in [1.165, 1.54) is 38.8 Å². The van der Waals surface area contributed by atoms with Crippen molar-refractivity contribution in [3.63, 3.8) is 0 Å². The number of rotatable bonds is 6. The van der Waals surface area contributed by atoms with Gasteiger partial charge in [0.1, 0.15) is 6.07 Å². The zero-order valence-electron chi connectivity index (χ0n) is 27.2. The van der Waals surface area contributed by atoms with Gasteiger partial charge in [-0.3, -0.25) is 4.98 Å². The maximum atomic E-state index is 10.5. The van der Waals surface area contributed by atoms with Crippen molar-refractivity contribution >= 4 is 10.8 Å². The van der Waals surface area contributed by atoms with Gasteiger partial charge in [-0.05, 0) is 91.1 Å². The smallest absolute Gasteiger partial charge is 0.102 e. The van der Waals surface area contributed by atoms with E-state index in [9.17, 15) is 5.26 Å². The van der Waals surface area contributed by atoms with Gasteiger partial charge in [-0.25, -0.2) is 0 Å². The molecule has 0 spiro atoms. The van der Waals surface area contributed by atoms with Crippen molar-refractivity contribution in [2.24, 2.45) is 0 Å². The summed E-state index contributed by atoms with van der Waals surface area (Å²) in [4.78, 5) is 4.76. The lowest BCUT2D eigenvalue weighted by Gasteiger charge is -2.23. The molecule has 0 unspecified atom stereocenters. The van der Waals surface area contributed by atoms with Gasteiger partial charge in [-0.15, -0.1) is 0 Å². The first-order valence-electron chi connectivity index (χ1n) is 15.6. The molecule has 1 aromatic heterocycles. The Labute approximate surface area is 258 Å². The van der Waals surface area contributed by atoms with Gasteiger partial charge >= 0.3 is 0 Å². The molecule has 0 fully saturated rings. The molecule has 0 aliphatic rings. The summed E-state index contributed by atoms with van der Waals surface area (Å²) in [6, 6.07) is 31.0. The molecule has 0 saturated heterocycles. The second-order valence-electron chi connectivity index (χ2n) is 13.8. The van der Waals surface area contributed by atoms with Crippen LogP contribution in [-0.2, 0) is 5.41 Å². The predicted molar refractivity (Wildman–Crippen MR) is 184 cm³/mol. The minimum absolute atomic E-state index is 0.0487. The fraction of sp³-hybridized carbons (Fsp3) is 0.317. The summed E-state index contributed by atoms with van der Waals surface area (Å²) >= 11 is 0. The highest BCUT2D eigenvalue weighted by atomic mass is 14.7. The first-order valence-corrected chi connectivity index (χ1v) is 15.6. The van der Waals surface area contributed by atoms with Crippen LogP contribution in [0.25, 0.3) is 44.3 Å². The van der Waals surface area contributed by atoms with Gasteiger partial charge in [0, 0.05) is 17.3 Å². The Hall–Kier alpha value is -4.22. The third-order valence-corrected chi connectivity index (χ3v) is 8.62.